The van der Waals surface area contributed by atoms with Gasteiger partial charge < -0.3 is 10.3 Å². The Kier molecular flexibility index (Phi) is 4.79. The number of nitrogens with one attached hydrogen (secondary N) is 3. The summed E-state index contributed by atoms with van der Waals surface area (Å²) in [5.41, 5.74) is 4.59. The van der Waals surface area contributed by atoms with Crippen molar-refractivity contribution in [2.24, 2.45) is 0 Å². The van der Waals surface area contributed by atoms with Crippen LogP contribution in [-0.4, -0.2) is 26.1 Å². The molecule has 0 bridgehead atoms. The molecular formula is C28H19F4N5O. The molecule has 0 saturated carbocycles. The number of anilines is 1. The second-order valence-electron chi connectivity index (χ2n) is 9.63. The predicted molar refractivity (Wildman–Crippen MR) is 136 cm³/mol. The number of aromatic nitrogens is 4. The SMILES string of the molecule is O=C1Nc2ccc(F)cc2/C1=C/c1cc2c(ccc3nc(-c4cn[nH]c4C(F)(F)F)c4c(c32)CCCC4)[nH]1. The third-order valence-electron chi connectivity index (χ3n) is 7.33. The fraction of sp³-hybridized carbons (Fsp3) is 0.179. The Morgan fingerprint density at radius 1 is 0.974 bits per heavy atom. The number of aryl methyl sites for hydroxylation is 1. The van der Waals surface area contributed by atoms with Gasteiger partial charge in [0.25, 0.3) is 5.91 Å². The number of H-pyrrole nitrogens is 2. The van der Waals surface area contributed by atoms with E-state index in [2.05, 4.69) is 20.5 Å². The fourth-order valence-electron chi connectivity index (χ4n) is 5.70. The number of hydrogen-bond donors (Lipinski definition) is 3. The third kappa shape index (κ3) is 3.43. The Morgan fingerprint density at radius 2 is 1.79 bits per heavy atom. The van der Waals surface area contributed by atoms with Gasteiger partial charge in [-0.05, 0) is 79.3 Å². The van der Waals surface area contributed by atoms with Gasteiger partial charge in [0.1, 0.15) is 11.5 Å². The van der Waals surface area contributed by atoms with Crippen molar-refractivity contribution in [2.45, 2.75) is 31.9 Å². The third-order valence-corrected chi connectivity index (χ3v) is 7.33. The molecule has 190 valence electrons. The molecule has 0 atom stereocenters. The quantitative estimate of drug-likeness (QED) is 0.181. The van der Waals surface area contributed by atoms with E-state index in [1.54, 1.807) is 12.1 Å². The highest BCUT2D eigenvalue weighted by Crippen LogP contribution is 2.42. The monoisotopic (exact) mass is 517 g/mol. The number of hydrogen-bond acceptors (Lipinski definition) is 3. The van der Waals surface area contributed by atoms with E-state index in [-0.39, 0.29) is 11.5 Å². The normalized spacial score (nSPS) is 16.3. The second-order valence-corrected chi connectivity index (χ2v) is 9.63. The summed E-state index contributed by atoms with van der Waals surface area (Å²) in [5, 5.41) is 10.3. The lowest BCUT2D eigenvalue weighted by Gasteiger charge is -2.22. The molecule has 0 saturated heterocycles. The Hall–Kier alpha value is -4.47. The van der Waals surface area contributed by atoms with E-state index >= 15 is 0 Å². The zero-order chi connectivity index (χ0) is 26.2. The lowest BCUT2D eigenvalue weighted by atomic mass is 9.85. The van der Waals surface area contributed by atoms with Crippen LogP contribution in [0.25, 0.3) is 44.7 Å². The van der Waals surface area contributed by atoms with Gasteiger partial charge in [-0.2, -0.15) is 18.3 Å². The van der Waals surface area contributed by atoms with Gasteiger partial charge in [0.15, 0.2) is 0 Å². The largest absolute Gasteiger partial charge is 0.433 e. The molecule has 1 aliphatic carbocycles. The lowest BCUT2D eigenvalue weighted by Crippen LogP contribution is -2.11. The van der Waals surface area contributed by atoms with Crippen LogP contribution in [-0.2, 0) is 23.8 Å². The van der Waals surface area contributed by atoms with Crippen molar-refractivity contribution in [1.82, 2.24) is 20.2 Å². The van der Waals surface area contributed by atoms with Crippen molar-refractivity contribution < 1.29 is 22.4 Å². The number of benzene rings is 2. The Bertz CT molecular complexity index is 1830. The summed E-state index contributed by atoms with van der Waals surface area (Å²) in [7, 11) is 0. The number of fused-ring (bicyclic) bond motifs is 6. The number of carbonyl (C=O) groups is 1. The van der Waals surface area contributed by atoms with Crippen LogP contribution in [0.5, 0.6) is 0 Å². The first kappa shape index (κ1) is 22.7. The maximum atomic E-state index is 13.9. The highest BCUT2D eigenvalue weighted by Gasteiger charge is 2.37. The number of nitrogens with zero attached hydrogens (tertiary/aromatic N) is 2. The molecule has 4 heterocycles. The predicted octanol–water partition coefficient (Wildman–Crippen LogP) is 6.64. The number of alkyl halides is 3. The van der Waals surface area contributed by atoms with Crippen LogP contribution in [0.15, 0.2) is 42.6 Å². The highest BCUT2D eigenvalue weighted by atomic mass is 19.4. The molecule has 0 spiro atoms. The molecule has 0 radical (unpaired) electrons. The van der Waals surface area contributed by atoms with Gasteiger partial charge in [-0.1, -0.05) is 0 Å². The van der Waals surface area contributed by atoms with Crippen LogP contribution in [0.3, 0.4) is 0 Å². The molecule has 6 nitrogen and oxygen atoms in total. The second kappa shape index (κ2) is 8.01. The molecule has 0 unspecified atom stereocenters. The van der Waals surface area contributed by atoms with E-state index in [0.717, 1.165) is 46.7 Å². The maximum Gasteiger partial charge on any atom is 0.433 e. The first-order valence-corrected chi connectivity index (χ1v) is 12.2. The molecule has 38 heavy (non-hydrogen) atoms. The van der Waals surface area contributed by atoms with E-state index in [1.807, 2.05) is 12.1 Å². The van der Waals surface area contributed by atoms with Crippen LogP contribution in [0.1, 0.15) is 40.9 Å². The first-order chi connectivity index (χ1) is 18.3. The van der Waals surface area contributed by atoms with E-state index in [1.165, 1.54) is 24.4 Å². The summed E-state index contributed by atoms with van der Waals surface area (Å²) in [5.74, 6) is -0.757. The minimum absolute atomic E-state index is 0.0460. The fourth-order valence-corrected chi connectivity index (χ4v) is 5.70. The molecular weight excluding hydrogens is 498 g/mol. The zero-order valence-electron chi connectivity index (χ0n) is 19.8. The number of pyridine rings is 1. The molecule has 1 amide bonds. The van der Waals surface area contributed by atoms with Gasteiger partial charge in [0.05, 0.1) is 28.5 Å². The van der Waals surface area contributed by atoms with Crippen LogP contribution in [0, 0.1) is 5.82 Å². The summed E-state index contributed by atoms with van der Waals surface area (Å²) < 4.78 is 54.9. The number of halogens is 4. The minimum atomic E-state index is -4.58. The van der Waals surface area contributed by atoms with Gasteiger partial charge in [-0.3, -0.25) is 9.89 Å². The highest BCUT2D eigenvalue weighted by molar-refractivity contribution is 6.35. The molecule has 10 heteroatoms. The summed E-state index contributed by atoms with van der Waals surface area (Å²) in [4.78, 5) is 20.6. The molecule has 3 N–H and O–H groups in total. The Balaban J connectivity index is 1.43. The molecule has 1 aliphatic heterocycles. The van der Waals surface area contributed by atoms with Gasteiger partial charge in [0, 0.05) is 33.2 Å². The summed E-state index contributed by atoms with van der Waals surface area (Å²) in [6.07, 6.45) is 1.42. The van der Waals surface area contributed by atoms with Crippen LogP contribution >= 0.6 is 0 Å². The summed E-state index contributed by atoms with van der Waals surface area (Å²) >= 11 is 0. The first-order valence-electron chi connectivity index (χ1n) is 12.2. The molecule has 2 aromatic carbocycles. The van der Waals surface area contributed by atoms with E-state index in [0.29, 0.717) is 40.1 Å². The van der Waals surface area contributed by atoms with Crippen molar-refractivity contribution in [3.8, 4) is 11.3 Å². The average molecular weight is 517 g/mol. The van der Waals surface area contributed by atoms with Gasteiger partial charge >= 0.3 is 6.18 Å². The van der Waals surface area contributed by atoms with Crippen molar-refractivity contribution in [3.05, 3.63) is 76.5 Å². The van der Waals surface area contributed by atoms with Crippen LogP contribution < -0.4 is 5.32 Å². The van der Waals surface area contributed by atoms with Crippen LogP contribution in [0.2, 0.25) is 0 Å². The van der Waals surface area contributed by atoms with Crippen molar-refractivity contribution in [2.75, 3.05) is 5.32 Å². The Labute approximate surface area is 212 Å². The van der Waals surface area contributed by atoms with E-state index in [9.17, 15) is 22.4 Å². The molecule has 3 aromatic heterocycles. The van der Waals surface area contributed by atoms with E-state index in [4.69, 9.17) is 4.98 Å². The maximum absolute atomic E-state index is 13.9. The standard InChI is InChI=1S/C28H19F4N5O/c29-13-5-6-21-17(9-13)18(27(38)36-21)10-14-11-19-22(34-14)7-8-23-24(19)15-3-1-2-4-16(15)25(35-23)20-12-33-37-26(20)28(30,31)32/h5-12,34H,1-4H2,(H,33,37)(H,36,38)/b18-10-. The number of amides is 1. The summed E-state index contributed by atoms with van der Waals surface area (Å²) in [6, 6.07) is 9.68. The minimum Gasteiger partial charge on any atom is -0.355 e. The van der Waals surface area contributed by atoms with E-state index < -0.39 is 17.7 Å². The number of rotatable bonds is 2. The average Bonchev–Trinajstić information content (AvgIpc) is 3.61. The van der Waals surface area contributed by atoms with Gasteiger partial charge in [-0.25, -0.2) is 9.37 Å². The topological polar surface area (TPSA) is 86.5 Å². The van der Waals surface area contributed by atoms with Crippen molar-refractivity contribution >= 4 is 45.0 Å². The van der Waals surface area contributed by atoms with Gasteiger partial charge in [0.2, 0.25) is 0 Å². The molecule has 0 fully saturated rings. The van der Waals surface area contributed by atoms with Crippen LogP contribution in [0.4, 0.5) is 23.2 Å². The Morgan fingerprint density at radius 3 is 2.61 bits per heavy atom. The van der Waals surface area contributed by atoms with Gasteiger partial charge in [-0.15, -0.1) is 0 Å². The van der Waals surface area contributed by atoms with Crippen molar-refractivity contribution in [3.63, 3.8) is 0 Å². The molecule has 2 aliphatic rings. The smallest absolute Gasteiger partial charge is 0.355 e. The number of aromatic amines is 2. The van der Waals surface area contributed by atoms with Crippen molar-refractivity contribution in [1.29, 1.82) is 0 Å². The zero-order valence-corrected chi connectivity index (χ0v) is 19.8. The summed E-state index contributed by atoms with van der Waals surface area (Å²) in [6.45, 7) is 0. The molecule has 5 aromatic rings. The molecule has 7 rings (SSSR count). The lowest BCUT2D eigenvalue weighted by molar-refractivity contribution is -0.140. The number of carbonyl (C=O) groups excluding carboxylic acids is 1.